The van der Waals surface area contributed by atoms with E-state index in [1.54, 1.807) is 6.07 Å². The summed E-state index contributed by atoms with van der Waals surface area (Å²) < 4.78 is 32.9. The van der Waals surface area contributed by atoms with Crippen LogP contribution in [-0.4, -0.2) is 7.11 Å². The molecular weight excluding hydrogens is 306 g/mol. The van der Waals surface area contributed by atoms with E-state index in [4.69, 9.17) is 4.74 Å². The van der Waals surface area contributed by atoms with Gasteiger partial charge in [0, 0.05) is 5.56 Å². The Hall–Kier alpha value is -2.16. The molecule has 2 aromatic rings. The Bertz CT molecular complexity index is 747. The van der Waals surface area contributed by atoms with E-state index in [1.165, 1.54) is 37.2 Å². The van der Waals surface area contributed by atoms with Crippen LogP contribution in [0.2, 0.25) is 0 Å². The smallest absolute Gasteiger partial charge is 0.201 e. The molecule has 1 aliphatic carbocycles. The van der Waals surface area contributed by atoms with Crippen LogP contribution in [-0.2, 0) is 0 Å². The highest BCUT2D eigenvalue weighted by Crippen LogP contribution is 2.34. The summed E-state index contributed by atoms with van der Waals surface area (Å²) in [5.74, 6) is -1.10. The summed E-state index contributed by atoms with van der Waals surface area (Å²) in [5, 5.41) is 0. The van der Waals surface area contributed by atoms with E-state index in [0.717, 1.165) is 18.8 Å². The van der Waals surface area contributed by atoms with Crippen molar-refractivity contribution in [3.63, 3.8) is 0 Å². The zero-order valence-corrected chi connectivity index (χ0v) is 14.1. The molecule has 0 fully saturated rings. The molecule has 1 unspecified atom stereocenters. The molecule has 0 spiro atoms. The summed E-state index contributed by atoms with van der Waals surface area (Å²) in [4.78, 5) is 0. The van der Waals surface area contributed by atoms with Gasteiger partial charge in [0.1, 0.15) is 0 Å². The minimum Gasteiger partial charge on any atom is -0.494 e. The van der Waals surface area contributed by atoms with Crippen molar-refractivity contribution in [1.29, 1.82) is 0 Å². The zero-order chi connectivity index (χ0) is 17.1. The number of methoxy groups -OCH3 is 1. The van der Waals surface area contributed by atoms with Gasteiger partial charge in [-0.05, 0) is 54.0 Å². The molecule has 1 nitrogen and oxygen atoms in total. The van der Waals surface area contributed by atoms with Gasteiger partial charge in [-0.15, -0.1) is 0 Å². The Labute approximate surface area is 142 Å². The van der Waals surface area contributed by atoms with Gasteiger partial charge >= 0.3 is 0 Å². The quantitative estimate of drug-likeness (QED) is 0.646. The van der Waals surface area contributed by atoms with Gasteiger partial charge in [-0.2, -0.15) is 4.39 Å². The van der Waals surface area contributed by atoms with Gasteiger partial charge in [-0.3, -0.25) is 0 Å². The Morgan fingerprint density at radius 3 is 2.29 bits per heavy atom. The molecule has 0 saturated heterocycles. The van der Waals surface area contributed by atoms with Crippen LogP contribution in [0.4, 0.5) is 8.78 Å². The normalized spacial score (nSPS) is 17.5. The number of allylic oxidation sites excluding steroid dienone is 2. The molecule has 0 saturated carbocycles. The predicted octanol–water partition coefficient (Wildman–Crippen LogP) is 6.23. The van der Waals surface area contributed by atoms with Crippen LogP contribution in [0.15, 0.2) is 42.5 Å². The third-order valence-corrected chi connectivity index (χ3v) is 4.93. The molecule has 3 heteroatoms. The van der Waals surface area contributed by atoms with Gasteiger partial charge in [-0.25, -0.2) is 4.39 Å². The highest BCUT2D eigenvalue weighted by Gasteiger charge is 2.16. The summed E-state index contributed by atoms with van der Waals surface area (Å²) in [7, 11) is 1.33. The van der Waals surface area contributed by atoms with Crippen LogP contribution in [0.1, 0.15) is 38.2 Å². The van der Waals surface area contributed by atoms with Gasteiger partial charge in [0.15, 0.2) is 11.6 Å². The molecule has 0 aromatic heterocycles. The van der Waals surface area contributed by atoms with Crippen LogP contribution >= 0.6 is 0 Å². The van der Waals surface area contributed by atoms with Crippen molar-refractivity contribution in [2.45, 2.75) is 32.6 Å². The molecule has 126 valence electrons. The zero-order valence-electron chi connectivity index (χ0n) is 14.1. The first-order valence-corrected chi connectivity index (χ1v) is 8.45. The maximum absolute atomic E-state index is 14.2. The molecule has 0 heterocycles. The lowest BCUT2D eigenvalue weighted by Crippen LogP contribution is -2.03. The summed E-state index contributed by atoms with van der Waals surface area (Å²) in [6.07, 6.45) is 6.99. The molecule has 0 N–H and O–H groups in total. The predicted molar refractivity (Wildman–Crippen MR) is 94.0 cm³/mol. The molecule has 24 heavy (non-hydrogen) atoms. The number of hydrogen-bond acceptors (Lipinski definition) is 1. The first-order chi connectivity index (χ1) is 11.6. The Kier molecular flexibility index (Phi) is 4.98. The fraction of sp³-hybridized carbons (Fsp3) is 0.333. The molecule has 0 bridgehead atoms. The molecule has 3 rings (SSSR count). The van der Waals surface area contributed by atoms with Crippen LogP contribution in [0.3, 0.4) is 0 Å². The van der Waals surface area contributed by atoms with E-state index in [0.29, 0.717) is 5.56 Å². The van der Waals surface area contributed by atoms with Crippen LogP contribution in [0.5, 0.6) is 5.75 Å². The van der Waals surface area contributed by atoms with Gasteiger partial charge in [0.2, 0.25) is 5.82 Å². The van der Waals surface area contributed by atoms with E-state index < -0.39 is 11.6 Å². The van der Waals surface area contributed by atoms with E-state index in [9.17, 15) is 8.78 Å². The van der Waals surface area contributed by atoms with Gasteiger partial charge < -0.3 is 4.74 Å². The van der Waals surface area contributed by atoms with Crippen molar-refractivity contribution < 1.29 is 13.5 Å². The largest absolute Gasteiger partial charge is 0.494 e. The molecular formula is C21H22F2O. The summed E-state index contributed by atoms with van der Waals surface area (Å²) in [6, 6.07) is 10.7. The second-order valence-corrected chi connectivity index (χ2v) is 6.30. The molecule has 2 aromatic carbocycles. The highest BCUT2D eigenvalue weighted by molar-refractivity contribution is 5.71. The number of hydrogen-bond donors (Lipinski definition) is 0. The molecule has 0 amide bonds. The Morgan fingerprint density at radius 2 is 1.71 bits per heavy atom. The Morgan fingerprint density at radius 1 is 1.00 bits per heavy atom. The van der Waals surface area contributed by atoms with E-state index >= 15 is 0 Å². The average Bonchev–Trinajstić information content (AvgIpc) is 2.64. The van der Waals surface area contributed by atoms with Gasteiger partial charge in [-0.1, -0.05) is 43.7 Å². The first-order valence-electron chi connectivity index (χ1n) is 8.45. The van der Waals surface area contributed by atoms with Gasteiger partial charge in [0.25, 0.3) is 0 Å². The van der Waals surface area contributed by atoms with Crippen molar-refractivity contribution in [3.8, 4) is 16.9 Å². The third kappa shape index (κ3) is 3.21. The number of halogens is 2. The average molecular weight is 328 g/mol. The number of rotatable bonds is 4. The monoisotopic (exact) mass is 328 g/mol. The SMILES string of the molecule is CCC1CC=C(c2ccc(-c3ccc(OC)c(F)c3F)cc2)CC1. The second-order valence-electron chi connectivity index (χ2n) is 6.30. The number of benzene rings is 2. The molecule has 1 aliphatic rings. The molecule has 0 aliphatic heterocycles. The first kappa shape index (κ1) is 16.7. The fourth-order valence-electron chi connectivity index (χ4n) is 3.30. The minimum absolute atomic E-state index is 0.0780. The van der Waals surface area contributed by atoms with Crippen LogP contribution in [0.25, 0.3) is 16.7 Å². The maximum atomic E-state index is 14.2. The highest BCUT2D eigenvalue weighted by atomic mass is 19.2. The van der Waals surface area contributed by atoms with Crippen molar-refractivity contribution in [2.24, 2.45) is 5.92 Å². The molecule has 0 radical (unpaired) electrons. The summed E-state index contributed by atoms with van der Waals surface area (Å²) >= 11 is 0. The minimum atomic E-state index is -0.945. The number of ether oxygens (including phenoxy) is 1. The summed E-state index contributed by atoms with van der Waals surface area (Å²) in [6.45, 7) is 2.24. The van der Waals surface area contributed by atoms with E-state index in [-0.39, 0.29) is 11.3 Å². The lowest BCUT2D eigenvalue weighted by molar-refractivity contribution is 0.372. The lowest BCUT2D eigenvalue weighted by Gasteiger charge is -2.21. The van der Waals surface area contributed by atoms with Crippen molar-refractivity contribution in [1.82, 2.24) is 0 Å². The Balaban J connectivity index is 1.85. The third-order valence-electron chi connectivity index (χ3n) is 4.93. The van der Waals surface area contributed by atoms with Crippen molar-refractivity contribution in [2.75, 3.05) is 7.11 Å². The maximum Gasteiger partial charge on any atom is 0.201 e. The topological polar surface area (TPSA) is 9.23 Å². The van der Waals surface area contributed by atoms with E-state index in [2.05, 4.69) is 13.0 Å². The van der Waals surface area contributed by atoms with Crippen LogP contribution in [0, 0.1) is 17.6 Å². The van der Waals surface area contributed by atoms with Gasteiger partial charge in [0.05, 0.1) is 7.11 Å². The fourth-order valence-corrected chi connectivity index (χ4v) is 3.30. The van der Waals surface area contributed by atoms with Crippen LogP contribution < -0.4 is 4.74 Å². The standard InChI is InChI=1S/C21H22F2O/c1-3-14-4-6-15(7-5-14)16-8-10-17(11-9-16)18-12-13-19(24-2)21(23)20(18)22/h6,8-14H,3-5,7H2,1-2H3. The lowest BCUT2D eigenvalue weighted by atomic mass is 9.85. The second kappa shape index (κ2) is 7.16. The van der Waals surface area contributed by atoms with Crippen molar-refractivity contribution >= 4 is 5.57 Å². The summed E-state index contributed by atoms with van der Waals surface area (Å²) in [5.41, 5.74) is 3.44. The van der Waals surface area contributed by atoms with Crippen molar-refractivity contribution in [3.05, 3.63) is 59.7 Å². The van der Waals surface area contributed by atoms with E-state index in [1.807, 2.05) is 24.3 Å². The molecule has 1 atom stereocenters.